The molecule has 1 saturated carbocycles. The highest BCUT2D eigenvalue weighted by atomic mass is 32.1. The number of nitrogens with one attached hydrogen (secondary N) is 1. The van der Waals surface area contributed by atoms with E-state index in [1.807, 2.05) is 0 Å². The molecule has 1 atom stereocenters. The van der Waals surface area contributed by atoms with Crippen LogP contribution in [0.5, 0.6) is 0 Å². The molecule has 1 amide bonds. The van der Waals surface area contributed by atoms with Gasteiger partial charge in [-0.25, -0.2) is 23.6 Å². The van der Waals surface area contributed by atoms with E-state index < -0.39 is 57.1 Å². The van der Waals surface area contributed by atoms with Crippen molar-refractivity contribution in [3.63, 3.8) is 0 Å². The molecule has 4 aromatic rings. The molecule has 0 radical (unpaired) electrons. The lowest BCUT2D eigenvalue weighted by Crippen LogP contribution is -2.50. The molecule has 0 bridgehead atoms. The van der Waals surface area contributed by atoms with Crippen molar-refractivity contribution in [1.29, 1.82) is 0 Å². The zero-order valence-corrected chi connectivity index (χ0v) is 29.0. The van der Waals surface area contributed by atoms with Crippen LogP contribution in [-0.4, -0.2) is 97.6 Å². The number of carbonyl (C=O) groups excluding carboxylic acids is 1. The van der Waals surface area contributed by atoms with E-state index in [2.05, 4.69) is 30.0 Å². The van der Waals surface area contributed by atoms with Gasteiger partial charge in [0.25, 0.3) is 5.91 Å². The number of nitrogens with zero attached hydrogens (tertiary/aromatic N) is 6. The summed E-state index contributed by atoms with van der Waals surface area (Å²) in [6, 6.07) is 1.94. The third kappa shape index (κ3) is 11.5. The predicted octanol–water partition coefficient (Wildman–Crippen LogP) is 2.59. The number of nitrogens with two attached hydrogens (primary N) is 1. The molecule has 9 N–H and O–H groups in total. The van der Waals surface area contributed by atoms with Gasteiger partial charge < -0.3 is 41.3 Å². The maximum Gasteiger partial charge on any atom is 0.471 e. The maximum absolute atomic E-state index is 14.6. The summed E-state index contributed by atoms with van der Waals surface area (Å²) in [5.41, 5.74) is 4.38. The van der Waals surface area contributed by atoms with Gasteiger partial charge in [0, 0.05) is 29.9 Å². The quantitative estimate of drug-likeness (QED) is 0.0811. The average Bonchev–Trinajstić information content (AvgIpc) is 3.86. The number of carbonyl (C=O) groups is 1. The van der Waals surface area contributed by atoms with Crippen LogP contribution in [0.4, 0.5) is 14.5 Å². The number of anilines is 1. The van der Waals surface area contributed by atoms with Crippen LogP contribution in [0.15, 0.2) is 36.1 Å². The van der Waals surface area contributed by atoms with E-state index in [0.29, 0.717) is 10.6 Å². The third-order valence-electron chi connectivity index (χ3n) is 7.16. The van der Waals surface area contributed by atoms with Gasteiger partial charge in [-0.2, -0.15) is 14.6 Å². The fraction of sp³-hybridized carbons (Fsp3) is 0.483. The van der Waals surface area contributed by atoms with Crippen molar-refractivity contribution in [3.05, 3.63) is 53.6 Å². The van der Waals surface area contributed by atoms with Crippen LogP contribution in [0.2, 0.25) is 0 Å². The number of pyridine rings is 1. The van der Waals surface area contributed by atoms with Gasteiger partial charge in [-0.1, -0.05) is 19.3 Å². The van der Waals surface area contributed by atoms with E-state index in [4.69, 9.17) is 35.9 Å². The molecular formula is C29H41F2N8O9PS. The minimum Gasteiger partial charge on any atom is -0.397 e. The Balaban J connectivity index is 0.000000535. The Labute approximate surface area is 289 Å². The third-order valence-corrected chi connectivity index (χ3v) is 8.63. The van der Waals surface area contributed by atoms with Crippen LogP contribution in [-0.2, 0) is 9.09 Å². The van der Waals surface area contributed by atoms with Crippen molar-refractivity contribution in [2.45, 2.75) is 63.8 Å². The molecule has 21 heteroatoms. The Morgan fingerprint density at radius 2 is 1.74 bits per heavy atom. The van der Waals surface area contributed by atoms with Gasteiger partial charge in [0.15, 0.2) is 12.0 Å². The minimum absolute atomic E-state index is 0.0155. The summed E-state index contributed by atoms with van der Waals surface area (Å²) >= 11 is 1.15. The standard InChI is InChI=1S/C23H24F2N7O5PS.C4H11NO3.C2H6O/c1-13(37-38(34,35)36)31-10-14(9-26-31)23-28-18(12-39-23)22(33)27-17-11-32(15-5-3-2-4-6-15)30-21(17)20-16(24)7-8-19(25)29-20;5-4(1-6,2-7)3-8;1-2-3/h7-13,15H,2-6H2,1H3,(H,27,33)(H2,34,35,36);6-8H,1-3,5H2;3H,2H2,1H3. The van der Waals surface area contributed by atoms with E-state index in [0.717, 1.165) is 55.6 Å². The van der Waals surface area contributed by atoms with E-state index in [1.54, 1.807) is 17.8 Å². The molecule has 0 aliphatic heterocycles. The number of phosphoric acid groups is 1. The van der Waals surface area contributed by atoms with Crippen molar-refractivity contribution in [1.82, 2.24) is 29.5 Å². The summed E-state index contributed by atoms with van der Waals surface area (Å²) in [5.74, 6) is -2.24. The Morgan fingerprint density at radius 1 is 1.10 bits per heavy atom. The van der Waals surface area contributed by atoms with Crippen molar-refractivity contribution >= 4 is 30.8 Å². The number of phosphoric ester groups is 1. The summed E-state index contributed by atoms with van der Waals surface area (Å²) in [6.45, 7) is 2.14. The van der Waals surface area contributed by atoms with Gasteiger partial charge in [-0.05, 0) is 38.8 Å². The lowest BCUT2D eigenvalue weighted by Gasteiger charge is -2.21. The molecule has 1 aliphatic rings. The number of hydrogen-bond donors (Lipinski definition) is 8. The number of aromatic nitrogens is 6. The van der Waals surface area contributed by atoms with E-state index in [-0.39, 0.29) is 35.4 Å². The average molecular weight is 747 g/mol. The zero-order chi connectivity index (χ0) is 37.1. The lowest BCUT2D eigenvalue weighted by molar-refractivity contribution is 0.0697. The van der Waals surface area contributed by atoms with E-state index >= 15 is 0 Å². The van der Waals surface area contributed by atoms with Gasteiger partial charge in [0.2, 0.25) is 5.95 Å². The monoisotopic (exact) mass is 746 g/mol. The van der Waals surface area contributed by atoms with E-state index in [9.17, 15) is 18.1 Å². The summed E-state index contributed by atoms with van der Waals surface area (Å²) in [6.07, 6.45) is 8.40. The second-order valence-corrected chi connectivity index (χ2v) is 13.2. The number of aliphatic hydroxyl groups is 4. The number of rotatable bonds is 11. The van der Waals surface area contributed by atoms with Gasteiger partial charge in [0.05, 0.1) is 43.3 Å². The SMILES string of the molecule is CC(OP(=O)(O)O)n1cc(-c2nc(C(=O)Nc3cn(C4CCCCC4)nc3-c3nc(F)ccc3F)cs2)cn1.CCO.NC(CO)(CO)CO. The molecule has 276 valence electrons. The van der Waals surface area contributed by atoms with Crippen molar-refractivity contribution in [2.24, 2.45) is 5.73 Å². The molecule has 17 nitrogen and oxygen atoms in total. The Hall–Kier alpha value is -3.56. The second kappa shape index (κ2) is 18.6. The number of halogens is 2. The van der Waals surface area contributed by atoms with Crippen LogP contribution in [0, 0.1) is 11.8 Å². The molecule has 0 saturated heterocycles. The van der Waals surface area contributed by atoms with Crippen molar-refractivity contribution < 1.29 is 52.9 Å². The molecule has 1 fully saturated rings. The molecule has 0 spiro atoms. The molecule has 5 rings (SSSR count). The lowest BCUT2D eigenvalue weighted by atomic mass is 9.96. The highest BCUT2D eigenvalue weighted by Gasteiger charge is 2.25. The molecule has 4 heterocycles. The fourth-order valence-electron chi connectivity index (χ4n) is 4.52. The first kappa shape index (κ1) is 40.9. The Kier molecular flexibility index (Phi) is 15.2. The number of thiazole rings is 1. The maximum atomic E-state index is 14.6. The largest absolute Gasteiger partial charge is 0.471 e. The van der Waals surface area contributed by atoms with Gasteiger partial charge in [-0.15, -0.1) is 11.3 Å². The first-order chi connectivity index (χ1) is 23.7. The number of aliphatic hydroxyl groups excluding tert-OH is 4. The smallest absolute Gasteiger partial charge is 0.397 e. The fourth-order valence-corrected chi connectivity index (χ4v) is 5.79. The summed E-state index contributed by atoms with van der Waals surface area (Å²) in [5, 5.41) is 45.8. The zero-order valence-electron chi connectivity index (χ0n) is 27.3. The highest BCUT2D eigenvalue weighted by Crippen LogP contribution is 2.40. The normalized spacial score (nSPS) is 14.3. The molecule has 1 unspecified atom stereocenters. The van der Waals surface area contributed by atoms with Gasteiger partial charge in [0.1, 0.15) is 22.1 Å². The first-order valence-corrected chi connectivity index (χ1v) is 17.8. The summed E-state index contributed by atoms with van der Waals surface area (Å²) in [4.78, 5) is 39.1. The highest BCUT2D eigenvalue weighted by molar-refractivity contribution is 7.46. The first-order valence-electron chi connectivity index (χ1n) is 15.4. The predicted molar refractivity (Wildman–Crippen MR) is 178 cm³/mol. The topological polar surface area (TPSA) is 264 Å². The number of hydrogen-bond acceptors (Lipinski definition) is 13. The van der Waals surface area contributed by atoms with E-state index in [1.165, 1.54) is 29.4 Å². The Morgan fingerprint density at radius 3 is 2.32 bits per heavy atom. The molecule has 0 aromatic carbocycles. The molecular weight excluding hydrogens is 705 g/mol. The van der Waals surface area contributed by atoms with Crippen molar-refractivity contribution in [3.8, 4) is 22.0 Å². The van der Waals surface area contributed by atoms with Crippen LogP contribution in [0.1, 0.15) is 68.7 Å². The van der Waals surface area contributed by atoms with Gasteiger partial charge in [-0.3, -0.25) is 14.0 Å². The summed E-state index contributed by atoms with van der Waals surface area (Å²) in [7, 11) is -4.71. The van der Waals surface area contributed by atoms with Crippen LogP contribution in [0.25, 0.3) is 22.0 Å². The summed E-state index contributed by atoms with van der Waals surface area (Å²) < 4.78 is 47.1. The second-order valence-electron chi connectivity index (χ2n) is 11.2. The molecule has 50 heavy (non-hydrogen) atoms. The molecule has 1 aliphatic carbocycles. The minimum atomic E-state index is -4.71. The molecule has 4 aromatic heterocycles. The Bertz CT molecular complexity index is 1720. The number of amides is 1. The van der Waals surface area contributed by atoms with Gasteiger partial charge >= 0.3 is 7.82 Å². The van der Waals surface area contributed by atoms with Crippen LogP contribution >= 0.6 is 19.2 Å². The van der Waals surface area contributed by atoms with Crippen LogP contribution in [0.3, 0.4) is 0 Å². The van der Waals surface area contributed by atoms with Crippen molar-refractivity contribution in [2.75, 3.05) is 31.7 Å². The van der Waals surface area contributed by atoms with Crippen LogP contribution < -0.4 is 11.1 Å².